The molecule has 0 heterocycles. The summed E-state index contributed by atoms with van der Waals surface area (Å²) in [5.74, 6) is -1.95. The summed E-state index contributed by atoms with van der Waals surface area (Å²) in [6.07, 6.45) is 1.16. The second kappa shape index (κ2) is 6.05. The van der Waals surface area contributed by atoms with Crippen molar-refractivity contribution >= 4 is 17.5 Å². The molecule has 2 N–H and O–H groups in total. The van der Waals surface area contributed by atoms with Crippen LogP contribution in [-0.2, 0) is 4.79 Å². The number of aliphatic carboxylic acids is 1. The number of aromatic carboxylic acids is 1. The zero-order valence-electron chi connectivity index (χ0n) is 11.4. The molecule has 4 nitrogen and oxygen atoms in total. The first kappa shape index (κ1) is 14.5. The van der Waals surface area contributed by atoms with Crippen molar-refractivity contribution in [2.24, 2.45) is 0 Å². The highest BCUT2D eigenvalue weighted by atomic mass is 16.4. The van der Waals surface area contributed by atoms with E-state index in [1.165, 1.54) is 0 Å². The van der Waals surface area contributed by atoms with E-state index in [1.807, 2.05) is 24.3 Å². The highest BCUT2D eigenvalue weighted by Crippen LogP contribution is 2.24. The molecule has 0 bridgehead atoms. The monoisotopic (exact) mass is 282 g/mol. The third-order valence-corrected chi connectivity index (χ3v) is 3.12. The van der Waals surface area contributed by atoms with Gasteiger partial charge in [0.1, 0.15) is 0 Å². The maximum absolute atomic E-state index is 10.8. The van der Waals surface area contributed by atoms with Gasteiger partial charge in [-0.25, -0.2) is 9.59 Å². The van der Waals surface area contributed by atoms with Gasteiger partial charge in [-0.05, 0) is 47.4 Å². The molecule has 4 heteroatoms. The van der Waals surface area contributed by atoms with Crippen molar-refractivity contribution < 1.29 is 19.8 Å². The Morgan fingerprint density at radius 2 is 1.57 bits per heavy atom. The number of rotatable bonds is 4. The topological polar surface area (TPSA) is 74.6 Å². The molecule has 106 valence electrons. The number of allylic oxidation sites excluding steroid dienone is 1. The molecule has 0 unspecified atom stereocenters. The lowest BCUT2D eigenvalue weighted by atomic mass is 9.99. The van der Waals surface area contributed by atoms with Gasteiger partial charge >= 0.3 is 11.9 Å². The van der Waals surface area contributed by atoms with Crippen molar-refractivity contribution in [3.63, 3.8) is 0 Å². The Balaban J connectivity index is 2.37. The van der Waals surface area contributed by atoms with E-state index in [-0.39, 0.29) is 5.56 Å². The van der Waals surface area contributed by atoms with Crippen LogP contribution in [0.1, 0.15) is 22.8 Å². The van der Waals surface area contributed by atoms with Gasteiger partial charge in [0.2, 0.25) is 0 Å². The van der Waals surface area contributed by atoms with E-state index in [0.717, 1.165) is 22.8 Å². The quantitative estimate of drug-likeness (QED) is 0.841. The first-order valence-corrected chi connectivity index (χ1v) is 6.33. The Morgan fingerprint density at radius 1 is 0.905 bits per heavy atom. The molecular formula is C17H14O4. The van der Waals surface area contributed by atoms with Crippen molar-refractivity contribution in [1.82, 2.24) is 0 Å². The van der Waals surface area contributed by atoms with E-state index in [2.05, 4.69) is 0 Å². The van der Waals surface area contributed by atoms with E-state index in [4.69, 9.17) is 10.2 Å². The van der Waals surface area contributed by atoms with Gasteiger partial charge in [-0.1, -0.05) is 30.3 Å². The summed E-state index contributed by atoms with van der Waals surface area (Å²) in [6.45, 7) is 1.74. The van der Waals surface area contributed by atoms with Gasteiger partial charge in [0.05, 0.1) is 5.56 Å². The number of hydrogen-bond acceptors (Lipinski definition) is 2. The van der Waals surface area contributed by atoms with Gasteiger partial charge in [-0.2, -0.15) is 0 Å². The lowest BCUT2D eigenvalue weighted by Crippen LogP contribution is -1.95. The smallest absolute Gasteiger partial charge is 0.335 e. The Morgan fingerprint density at radius 3 is 2.14 bits per heavy atom. The maximum Gasteiger partial charge on any atom is 0.335 e. The minimum absolute atomic E-state index is 0.233. The molecule has 2 aromatic rings. The molecule has 2 aromatic carbocycles. The lowest BCUT2D eigenvalue weighted by molar-refractivity contribution is -0.131. The number of carbonyl (C=O) groups is 2. The van der Waals surface area contributed by atoms with Crippen LogP contribution < -0.4 is 0 Å². The number of hydrogen-bond donors (Lipinski definition) is 2. The zero-order chi connectivity index (χ0) is 15.4. The third-order valence-electron chi connectivity index (χ3n) is 3.12. The van der Waals surface area contributed by atoms with E-state index in [1.54, 1.807) is 31.2 Å². The van der Waals surface area contributed by atoms with Crippen LogP contribution in [0.4, 0.5) is 0 Å². The fraction of sp³-hybridized carbons (Fsp3) is 0.0588. The molecular weight excluding hydrogens is 268 g/mol. The van der Waals surface area contributed by atoms with Gasteiger partial charge in [0.25, 0.3) is 0 Å². The summed E-state index contributed by atoms with van der Waals surface area (Å²) in [5, 5.41) is 17.7. The predicted octanol–water partition coefficient (Wildman–Crippen LogP) is 3.54. The van der Waals surface area contributed by atoms with Gasteiger partial charge in [0, 0.05) is 6.08 Å². The average Bonchev–Trinajstić information content (AvgIpc) is 2.47. The molecule has 0 spiro atoms. The molecule has 0 amide bonds. The van der Waals surface area contributed by atoms with Crippen LogP contribution in [-0.4, -0.2) is 22.2 Å². The van der Waals surface area contributed by atoms with Gasteiger partial charge in [-0.3, -0.25) is 0 Å². The molecule has 0 saturated carbocycles. The number of benzene rings is 2. The fourth-order valence-corrected chi connectivity index (χ4v) is 2.02. The lowest BCUT2D eigenvalue weighted by Gasteiger charge is -2.06. The highest BCUT2D eigenvalue weighted by molar-refractivity contribution is 5.90. The second-order valence-electron chi connectivity index (χ2n) is 4.63. The van der Waals surface area contributed by atoms with Crippen LogP contribution in [0.3, 0.4) is 0 Å². The molecule has 0 radical (unpaired) electrons. The predicted molar refractivity (Wildman–Crippen MR) is 80.1 cm³/mol. The summed E-state index contributed by atoms with van der Waals surface area (Å²) in [4.78, 5) is 21.5. The van der Waals surface area contributed by atoms with Crippen LogP contribution >= 0.6 is 0 Å². The average molecular weight is 282 g/mol. The molecule has 0 aliphatic carbocycles. The summed E-state index contributed by atoms with van der Waals surface area (Å²) in [5.41, 5.74) is 3.49. The van der Waals surface area contributed by atoms with E-state index < -0.39 is 11.9 Å². The molecule has 21 heavy (non-hydrogen) atoms. The van der Waals surface area contributed by atoms with Crippen molar-refractivity contribution in [3.8, 4) is 11.1 Å². The highest BCUT2D eigenvalue weighted by Gasteiger charge is 2.05. The summed E-state index contributed by atoms with van der Waals surface area (Å²) < 4.78 is 0. The SMILES string of the molecule is C/C(=C\C(=O)O)c1cccc(-c2ccc(C(=O)O)cc2)c1. The maximum atomic E-state index is 10.8. The van der Waals surface area contributed by atoms with Crippen molar-refractivity contribution in [3.05, 3.63) is 65.7 Å². The van der Waals surface area contributed by atoms with E-state index in [9.17, 15) is 9.59 Å². The first-order chi connectivity index (χ1) is 9.97. The normalized spacial score (nSPS) is 11.2. The Kier molecular flexibility index (Phi) is 4.18. The Bertz CT molecular complexity index is 712. The summed E-state index contributed by atoms with van der Waals surface area (Å²) in [7, 11) is 0. The molecule has 2 rings (SSSR count). The van der Waals surface area contributed by atoms with Crippen LogP contribution in [0.15, 0.2) is 54.6 Å². The fourth-order valence-electron chi connectivity index (χ4n) is 2.02. The van der Waals surface area contributed by atoms with E-state index in [0.29, 0.717) is 5.57 Å². The van der Waals surface area contributed by atoms with Gasteiger partial charge < -0.3 is 10.2 Å². The first-order valence-electron chi connectivity index (χ1n) is 6.33. The second-order valence-corrected chi connectivity index (χ2v) is 4.63. The van der Waals surface area contributed by atoms with Crippen LogP contribution in [0.25, 0.3) is 16.7 Å². The standard InChI is InChI=1S/C17H14O4/c1-11(9-16(18)19)14-3-2-4-15(10-14)12-5-7-13(8-6-12)17(20)21/h2-10H,1H3,(H,18,19)(H,20,21)/b11-9+. The Labute approximate surface area is 122 Å². The van der Waals surface area contributed by atoms with Crippen LogP contribution in [0, 0.1) is 0 Å². The molecule has 0 atom stereocenters. The molecule has 0 saturated heterocycles. The molecule has 0 fully saturated rings. The Hall–Kier alpha value is -2.88. The molecule has 0 aliphatic heterocycles. The van der Waals surface area contributed by atoms with Gasteiger partial charge in [0.15, 0.2) is 0 Å². The summed E-state index contributed by atoms with van der Waals surface area (Å²) in [6, 6.07) is 14.0. The number of carboxylic acids is 2. The van der Waals surface area contributed by atoms with Crippen LogP contribution in [0.5, 0.6) is 0 Å². The zero-order valence-corrected chi connectivity index (χ0v) is 11.4. The minimum Gasteiger partial charge on any atom is -0.478 e. The molecule has 0 aliphatic rings. The largest absolute Gasteiger partial charge is 0.478 e. The van der Waals surface area contributed by atoms with Crippen LogP contribution in [0.2, 0.25) is 0 Å². The van der Waals surface area contributed by atoms with Crippen molar-refractivity contribution in [2.75, 3.05) is 0 Å². The van der Waals surface area contributed by atoms with Gasteiger partial charge in [-0.15, -0.1) is 0 Å². The summed E-state index contributed by atoms with van der Waals surface area (Å²) >= 11 is 0. The van der Waals surface area contributed by atoms with Crippen molar-refractivity contribution in [1.29, 1.82) is 0 Å². The molecule has 0 aromatic heterocycles. The van der Waals surface area contributed by atoms with Crippen molar-refractivity contribution in [2.45, 2.75) is 6.92 Å². The third kappa shape index (κ3) is 3.57. The van der Waals surface area contributed by atoms with E-state index >= 15 is 0 Å². The number of carboxylic acid groups (broad SMARTS) is 2. The minimum atomic E-state index is -0.983.